The molecule has 0 atom stereocenters. The first-order valence-electron chi connectivity index (χ1n) is 11.0. The highest BCUT2D eigenvalue weighted by Crippen LogP contribution is 2.31. The number of methoxy groups -OCH3 is 1. The number of rotatable bonds is 7. The minimum Gasteiger partial charge on any atom is -0.384 e. The molecule has 2 aromatic carbocycles. The zero-order chi connectivity index (χ0) is 23.9. The molecule has 3 aromatic rings. The topological polar surface area (TPSA) is 84.4 Å². The number of anilines is 1. The minimum atomic E-state index is -0.0977. The first kappa shape index (κ1) is 23.7. The molecule has 1 N–H and O–H groups in total. The fourth-order valence-electron chi connectivity index (χ4n) is 3.62. The lowest BCUT2D eigenvalue weighted by atomic mass is 10.2. The van der Waals surface area contributed by atoms with Gasteiger partial charge < -0.3 is 15.0 Å². The van der Waals surface area contributed by atoms with Crippen LogP contribution in [-0.2, 0) is 16.1 Å². The maximum absolute atomic E-state index is 13.1. The number of nitrogens with zero attached hydrogens (tertiary/aromatic N) is 3. The van der Waals surface area contributed by atoms with E-state index in [9.17, 15) is 9.59 Å². The van der Waals surface area contributed by atoms with E-state index in [4.69, 9.17) is 4.74 Å². The van der Waals surface area contributed by atoms with Crippen molar-refractivity contribution in [2.24, 2.45) is 0 Å². The summed E-state index contributed by atoms with van der Waals surface area (Å²) in [6.07, 6.45) is 2.28. The van der Waals surface area contributed by atoms with Gasteiger partial charge in [0.2, 0.25) is 11.0 Å². The van der Waals surface area contributed by atoms with Gasteiger partial charge in [-0.25, -0.2) is 9.97 Å². The van der Waals surface area contributed by atoms with Crippen LogP contribution in [0.15, 0.2) is 77.5 Å². The highest BCUT2D eigenvalue weighted by atomic mass is 32.2. The Bertz CT molecular complexity index is 1200. The van der Waals surface area contributed by atoms with Crippen LogP contribution in [0.5, 0.6) is 0 Å². The van der Waals surface area contributed by atoms with Gasteiger partial charge in [-0.2, -0.15) is 0 Å². The summed E-state index contributed by atoms with van der Waals surface area (Å²) in [7, 11) is 1.62. The number of carbonyl (C=O) groups is 2. The molecule has 0 aliphatic carbocycles. The maximum atomic E-state index is 13.1. The van der Waals surface area contributed by atoms with E-state index in [1.54, 1.807) is 30.3 Å². The van der Waals surface area contributed by atoms with Crippen LogP contribution in [0.3, 0.4) is 0 Å². The lowest BCUT2D eigenvalue weighted by Gasteiger charge is -2.24. The van der Waals surface area contributed by atoms with E-state index >= 15 is 0 Å². The number of thioether (sulfide) groups is 1. The Hall–Kier alpha value is -3.49. The number of allylic oxidation sites excluding steroid dienone is 1. The number of hydrogen-bond acceptors (Lipinski definition) is 7. The van der Waals surface area contributed by atoms with Crippen molar-refractivity contribution in [1.29, 1.82) is 0 Å². The quantitative estimate of drug-likeness (QED) is 0.529. The fraction of sp³-hybridized carbons (Fsp3) is 0.231. The van der Waals surface area contributed by atoms with Crippen molar-refractivity contribution >= 4 is 28.6 Å². The summed E-state index contributed by atoms with van der Waals surface area (Å²) in [6, 6.07) is 18.8. The van der Waals surface area contributed by atoms with Crippen molar-refractivity contribution in [1.82, 2.24) is 14.9 Å². The Kier molecular flexibility index (Phi) is 7.72. The van der Waals surface area contributed by atoms with Crippen molar-refractivity contribution in [3.63, 3.8) is 0 Å². The zero-order valence-electron chi connectivity index (χ0n) is 19.2. The van der Waals surface area contributed by atoms with E-state index in [2.05, 4.69) is 15.3 Å². The number of aromatic nitrogens is 2. The highest BCUT2D eigenvalue weighted by Gasteiger charge is 2.25. The Balaban J connectivity index is 1.62. The Morgan fingerprint density at radius 3 is 2.53 bits per heavy atom. The number of benzene rings is 2. The van der Waals surface area contributed by atoms with Gasteiger partial charge in [-0.3, -0.25) is 9.59 Å². The van der Waals surface area contributed by atoms with E-state index in [1.807, 2.05) is 55.5 Å². The summed E-state index contributed by atoms with van der Waals surface area (Å²) in [6.45, 7) is 2.74. The Morgan fingerprint density at radius 1 is 1.12 bits per heavy atom. The van der Waals surface area contributed by atoms with Gasteiger partial charge in [0.15, 0.2) is 5.82 Å². The third kappa shape index (κ3) is 5.52. The standard InChI is InChI=1S/C26H26N4O3S/c1-18(22(13-14-33-2)34-26(32)20-11-7-4-8-12-20)30-17-21-15-27-24(19-9-5-3-6-10-19)29-25(21)28-16-23(30)31/h3-12,15H,13-14,16-17H2,1-2H3,(H,27,28,29)/b22-18-. The van der Waals surface area contributed by atoms with E-state index in [0.29, 0.717) is 36.8 Å². The first-order valence-corrected chi connectivity index (χ1v) is 11.8. The predicted octanol–water partition coefficient (Wildman–Crippen LogP) is 4.74. The smallest absolute Gasteiger partial charge is 0.246 e. The lowest BCUT2D eigenvalue weighted by molar-refractivity contribution is -0.127. The fourth-order valence-corrected chi connectivity index (χ4v) is 4.54. The average Bonchev–Trinajstić information content (AvgIpc) is 3.05. The molecule has 1 aliphatic rings. The zero-order valence-corrected chi connectivity index (χ0v) is 20.0. The van der Waals surface area contributed by atoms with Gasteiger partial charge in [-0.1, -0.05) is 60.7 Å². The van der Waals surface area contributed by atoms with Crippen LogP contribution < -0.4 is 5.32 Å². The second kappa shape index (κ2) is 11.1. The van der Waals surface area contributed by atoms with E-state index in [1.165, 1.54) is 0 Å². The molecule has 0 bridgehead atoms. The summed E-state index contributed by atoms with van der Waals surface area (Å²) in [5.41, 5.74) is 3.08. The molecule has 174 valence electrons. The van der Waals surface area contributed by atoms with Gasteiger partial charge in [-0.05, 0) is 18.7 Å². The van der Waals surface area contributed by atoms with Crippen molar-refractivity contribution in [2.75, 3.05) is 25.6 Å². The summed E-state index contributed by atoms with van der Waals surface area (Å²) >= 11 is 1.14. The monoisotopic (exact) mass is 474 g/mol. The molecule has 4 rings (SSSR count). The molecule has 1 aromatic heterocycles. The van der Waals surface area contributed by atoms with Crippen LogP contribution in [0.25, 0.3) is 11.4 Å². The van der Waals surface area contributed by atoms with Gasteiger partial charge in [0.05, 0.1) is 19.7 Å². The van der Waals surface area contributed by atoms with E-state index in [0.717, 1.165) is 33.5 Å². The van der Waals surface area contributed by atoms with Crippen LogP contribution in [0.1, 0.15) is 29.3 Å². The van der Waals surface area contributed by atoms with E-state index < -0.39 is 0 Å². The molecule has 0 spiro atoms. The van der Waals surface area contributed by atoms with Gasteiger partial charge in [0.25, 0.3) is 0 Å². The van der Waals surface area contributed by atoms with Crippen molar-refractivity contribution < 1.29 is 14.3 Å². The molecule has 8 heteroatoms. The van der Waals surface area contributed by atoms with Crippen LogP contribution in [0, 0.1) is 0 Å². The highest BCUT2D eigenvalue weighted by molar-refractivity contribution is 8.17. The SMILES string of the molecule is COCC/C(SC(=O)c1ccccc1)=C(\C)N1Cc2cnc(-c3ccccc3)nc2NCC1=O. The summed E-state index contributed by atoms with van der Waals surface area (Å²) in [4.78, 5) is 37.6. The number of fused-ring (bicyclic) bond motifs is 1. The van der Waals surface area contributed by atoms with E-state index in [-0.39, 0.29) is 17.6 Å². The second-order valence-electron chi connectivity index (χ2n) is 7.77. The number of nitrogens with one attached hydrogen (secondary N) is 1. The van der Waals surface area contributed by atoms with Crippen LogP contribution >= 0.6 is 11.8 Å². The summed E-state index contributed by atoms with van der Waals surface area (Å²) < 4.78 is 5.27. The van der Waals surface area contributed by atoms with Gasteiger partial charge in [-0.15, -0.1) is 0 Å². The van der Waals surface area contributed by atoms with Gasteiger partial charge in [0.1, 0.15) is 5.82 Å². The molecule has 0 radical (unpaired) electrons. The molecule has 2 heterocycles. The van der Waals surface area contributed by atoms with Crippen molar-refractivity contribution in [3.8, 4) is 11.4 Å². The van der Waals surface area contributed by atoms with Gasteiger partial charge in [0, 0.05) is 47.0 Å². The van der Waals surface area contributed by atoms with Crippen molar-refractivity contribution in [2.45, 2.75) is 19.9 Å². The molecule has 1 aliphatic heterocycles. The molecule has 0 fully saturated rings. The molecular weight excluding hydrogens is 448 g/mol. The van der Waals surface area contributed by atoms with Gasteiger partial charge >= 0.3 is 0 Å². The van der Waals surface area contributed by atoms with Crippen LogP contribution in [0.4, 0.5) is 5.82 Å². The largest absolute Gasteiger partial charge is 0.384 e. The van der Waals surface area contributed by atoms with Crippen molar-refractivity contribution in [3.05, 3.63) is 88.6 Å². The van der Waals surface area contributed by atoms with Crippen LogP contribution in [-0.4, -0.2) is 46.2 Å². The number of amides is 1. The maximum Gasteiger partial charge on any atom is 0.246 e. The van der Waals surface area contributed by atoms with Crippen LogP contribution in [0.2, 0.25) is 0 Å². The first-order chi connectivity index (χ1) is 16.6. The molecule has 34 heavy (non-hydrogen) atoms. The normalized spacial score (nSPS) is 14.1. The third-order valence-corrected chi connectivity index (χ3v) is 6.67. The second-order valence-corrected chi connectivity index (χ2v) is 8.84. The predicted molar refractivity (Wildman–Crippen MR) is 134 cm³/mol. The Morgan fingerprint density at radius 2 is 1.82 bits per heavy atom. The molecule has 1 amide bonds. The Labute approximate surface area is 203 Å². The summed E-state index contributed by atoms with van der Waals surface area (Å²) in [5, 5.41) is 3.09. The summed E-state index contributed by atoms with van der Waals surface area (Å²) in [5.74, 6) is 1.15. The molecule has 7 nitrogen and oxygen atoms in total. The molecule has 0 saturated heterocycles. The lowest BCUT2D eigenvalue weighted by Crippen LogP contribution is -2.32. The number of carbonyl (C=O) groups excluding carboxylic acids is 2. The third-order valence-electron chi connectivity index (χ3n) is 5.50. The molecule has 0 unspecified atom stereocenters. The number of hydrogen-bond donors (Lipinski definition) is 1. The molecule has 0 saturated carbocycles. The molecular formula is C26H26N4O3S. The minimum absolute atomic E-state index is 0.0670. The average molecular weight is 475 g/mol. The number of ether oxygens (including phenoxy) is 1.